The van der Waals surface area contributed by atoms with Crippen molar-refractivity contribution in [3.63, 3.8) is 0 Å². The van der Waals surface area contributed by atoms with Gasteiger partial charge in [-0.3, -0.25) is 0 Å². The van der Waals surface area contributed by atoms with E-state index in [9.17, 15) is 9.59 Å². The number of esters is 1. The quantitative estimate of drug-likeness (QED) is 0.835. The molecule has 1 aliphatic heterocycles. The van der Waals surface area contributed by atoms with Gasteiger partial charge < -0.3 is 19.5 Å². The monoisotopic (exact) mass is 363 g/mol. The zero-order valence-corrected chi connectivity index (χ0v) is 16.0. The Morgan fingerprint density at radius 3 is 2.62 bits per heavy atom. The molecule has 26 heavy (non-hydrogen) atoms. The highest BCUT2D eigenvalue weighted by molar-refractivity contribution is 5.81. The molecular formula is C20H29NO5. The molecule has 1 aliphatic rings. The lowest BCUT2D eigenvalue weighted by Crippen LogP contribution is -2.45. The van der Waals surface area contributed by atoms with Gasteiger partial charge in [-0.25, -0.2) is 9.59 Å². The molecule has 0 radical (unpaired) electrons. The molecule has 0 saturated carbocycles. The number of alkyl carbamates (subject to hydrolysis) is 1. The van der Waals surface area contributed by atoms with E-state index in [4.69, 9.17) is 14.2 Å². The molecule has 1 aromatic rings. The van der Waals surface area contributed by atoms with Crippen LogP contribution in [-0.4, -0.2) is 42.5 Å². The van der Waals surface area contributed by atoms with E-state index >= 15 is 0 Å². The Kier molecular flexibility index (Phi) is 7.03. The van der Waals surface area contributed by atoms with Crippen molar-refractivity contribution in [3.05, 3.63) is 35.9 Å². The van der Waals surface area contributed by atoms with Crippen molar-refractivity contribution in [2.75, 3.05) is 6.61 Å². The fourth-order valence-electron chi connectivity index (χ4n) is 2.84. The van der Waals surface area contributed by atoms with E-state index < -0.39 is 23.7 Å². The van der Waals surface area contributed by atoms with Crippen LogP contribution in [0.3, 0.4) is 0 Å². The predicted octanol–water partition coefficient (Wildman–Crippen LogP) is 3.23. The van der Waals surface area contributed by atoms with Crippen molar-refractivity contribution in [1.29, 1.82) is 0 Å². The second-order valence-electron chi connectivity index (χ2n) is 7.65. The van der Waals surface area contributed by atoms with Crippen molar-refractivity contribution in [2.45, 2.75) is 70.8 Å². The normalized spacial score (nSPS) is 24.6. The van der Waals surface area contributed by atoms with Crippen molar-refractivity contribution in [2.24, 2.45) is 0 Å². The summed E-state index contributed by atoms with van der Waals surface area (Å²) in [4.78, 5) is 24.3. The number of rotatable bonds is 3. The van der Waals surface area contributed by atoms with Crippen molar-refractivity contribution in [3.8, 4) is 0 Å². The average Bonchev–Trinajstić information content (AvgIpc) is 2.57. The van der Waals surface area contributed by atoms with Crippen LogP contribution in [0.2, 0.25) is 0 Å². The number of hydrogen-bond acceptors (Lipinski definition) is 5. The fraction of sp³-hybridized carbons (Fsp3) is 0.600. The number of amides is 1. The molecule has 6 heteroatoms. The average molecular weight is 363 g/mol. The summed E-state index contributed by atoms with van der Waals surface area (Å²) >= 11 is 0. The maximum absolute atomic E-state index is 12.3. The summed E-state index contributed by atoms with van der Waals surface area (Å²) in [5, 5.41) is 2.59. The minimum Gasteiger partial charge on any atom is -0.461 e. The molecule has 3 atom stereocenters. The lowest BCUT2D eigenvalue weighted by molar-refractivity contribution is -0.151. The third-order valence-electron chi connectivity index (χ3n) is 3.95. The lowest BCUT2D eigenvalue weighted by Gasteiger charge is -2.23. The van der Waals surface area contributed by atoms with Crippen LogP contribution >= 0.6 is 0 Å². The molecule has 2 unspecified atom stereocenters. The summed E-state index contributed by atoms with van der Waals surface area (Å²) in [5.74, 6) is -0.452. The minimum atomic E-state index is -0.775. The number of nitrogens with one attached hydrogen (secondary N) is 1. The van der Waals surface area contributed by atoms with Crippen molar-refractivity contribution in [1.82, 2.24) is 5.32 Å². The summed E-state index contributed by atoms with van der Waals surface area (Å²) in [7, 11) is 0. The highest BCUT2D eigenvalue weighted by Crippen LogP contribution is 2.17. The molecule has 0 aliphatic carbocycles. The Labute approximate surface area is 155 Å². The molecule has 1 saturated heterocycles. The van der Waals surface area contributed by atoms with E-state index in [-0.39, 0.29) is 12.2 Å². The first-order chi connectivity index (χ1) is 12.2. The van der Waals surface area contributed by atoms with Crippen molar-refractivity contribution >= 4 is 12.1 Å². The van der Waals surface area contributed by atoms with Gasteiger partial charge in [0.15, 0.2) is 0 Å². The minimum absolute atomic E-state index is 0.0412. The van der Waals surface area contributed by atoms with E-state index in [1.807, 2.05) is 25.1 Å². The Hall–Kier alpha value is -2.08. The molecule has 1 amide bonds. The Balaban J connectivity index is 1.96. The van der Waals surface area contributed by atoms with Crippen LogP contribution in [0.1, 0.15) is 46.1 Å². The van der Waals surface area contributed by atoms with Gasteiger partial charge >= 0.3 is 12.1 Å². The zero-order chi connectivity index (χ0) is 19.2. The van der Waals surface area contributed by atoms with Gasteiger partial charge in [0, 0.05) is 19.4 Å². The van der Waals surface area contributed by atoms with Crippen LogP contribution in [0.25, 0.3) is 0 Å². The van der Waals surface area contributed by atoms with Gasteiger partial charge in [0.05, 0.1) is 6.10 Å². The molecule has 1 N–H and O–H groups in total. The predicted molar refractivity (Wildman–Crippen MR) is 97.8 cm³/mol. The molecule has 1 heterocycles. The fourth-order valence-corrected chi connectivity index (χ4v) is 2.84. The standard InChI is InChI=1S/C20H29NO5/c1-14-12-16(13-15-8-6-5-7-9-15)24-11-10-17(18(22)25-14)21-19(23)26-20(2,3)4/h5-9,14,16-17H,10-13H2,1-4H3,(H,21,23)/t14?,16?,17-/m0/s1. The number of cyclic esters (lactones) is 1. The molecule has 0 spiro atoms. The third kappa shape index (κ3) is 7.04. The number of carbonyl (C=O) groups excluding carboxylic acids is 2. The molecular weight excluding hydrogens is 334 g/mol. The first-order valence-electron chi connectivity index (χ1n) is 9.08. The summed E-state index contributed by atoms with van der Waals surface area (Å²) in [6.45, 7) is 7.52. The molecule has 6 nitrogen and oxygen atoms in total. The highest BCUT2D eigenvalue weighted by Gasteiger charge is 2.29. The third-order valence-corrected chi connectivity index (χ3v) is 3.95. The zero-order valence-electron chi connectivity index (χ0n) is 16.0. The summed E-state index contributed by atoms with van der Waals surface area (Å²) in [6.07, 6.45) is 0.743. The van der Waals surface area contributed by atoms with Gasteiger partial charge in [0.2, 0.25) is 0 Å². The second kappa shape index (κ2) is 9.03. The van der Waals surface area contributed by atoms with Crippen molar-refractivity contribution < 1.29 is 23.8 Å². The second-order valence-corrected chi connectivity index (χ2v) is 7.65. The van der Waals surface area contributed by atoms with Gasteiger partial charge in [-0.2, -0.15) is 0 Å². The highest BCUT2D eigenvalue weighted by atomic mass is 16.6. The largest absolute Gasteiger partial charge is 0.461 e. The van der Waals surface area contributed by atoms with E-state index in [2.05, 4.69) is 17.4 Å². The summed E-state index contributed by atoms with van der Waals surface area (Å²) in [5.41, 5.74) is 0.551. The van der Waals surface area contributed by atoms with E-state index in [0.717, 1.165) is 6.42 Å². The summed E-state index contributed by atoms with van der Waals surface area (Å²) in [6, 6.07) is 9.30. The molecule has 2 rings (SSSR count). The maximum atomic E-state index is 12.3. The van der Waals surface area contributed by atoms with Crippen LogP contribution in [0.15, 0.2) is 30.3 Å². The molecule has 144 valence electrons. The SMILES string of the molecule is CC1CC(Cc2ccccc2)OCC[C@H](NC(=O)OC(C)(C)C)C(=O)O1. The molecule has 1 fully saturated rings. The van der Waals surface area contributed by atoms with Crippen LogP contribution in [-0.2, 0) is 25.4 Å². The van der Waals surface area contributed by atoms with Gasteiger partial charge in [-0.05, 0) is 39.7 Å². The van der Waals surface area contributed by atoms with E-state index in [0.29, 0.717) is 19.4 Å². The smallest absolute Gasteiger partial charge is 0.408 e. The van der Waals surface area contributed by atoms with Gasteiger partial charge in [0.25, 0.3) is 0 Å². The number of carbonyl (C=O) groups is 2. The Bertz CT molecular complexity index is 596. The summed E-state index contributed by atoms with van der Waals surface area (Å²) < 4.78 is 16.7. The topological polar surface area (TPSA) is 73.9 Å². The first-order valence-corrected chi connectivity index (χ1v) is 9.08. The maximum Gasteiger partial charge on any atom is 0.408 e. The van der Waals surface area contributed by atoms with E-state index in [1.165, 1.54) is 5.56 Å². The lowest BCUT2D eigenvalue weighted by atomic mass is 10.0. The van der Waals surface area contributed by atoms with E-state index in [1.54, 1.807) is 20.8 Å². The van der Waals surface area contributed by atoms with Gasteiger partial charge in [0.1, 0.15) is 17.7 Å². The van der Waals surface area contributed by atoms with Crippen LogP contribution in [0, 0.1) is 0 Å². The Morgan fingerprint density at radius 2 is 1.96 bits per heavy atom. The van der Waals surface area contributed by atoms with Crippen LogP contribution in [0.4, 0.5) is 4.79 Å². The Morgan fingerprint density at radius 1 is 1.27 bits per heavy atom. The molecule has 0 aromatic heterocycles. The number of benzene rings is 1. The van der Waals surface area contributed by atoms with Gasteiger partial charge in [-0.15, -0.1) is 0 Å². The molecule has 1 aromatic carbocycles. The van der Waals surface area contributed by atoms with Crippen LogP contribution < -0.4 is 5.32 Å². The number of hydrogen-bond donors (Lipinski definition) is 1. The van der Waals surface area contributed by atoms with Crippen LogP contribution in [0.5, 0.6) is 0 Å². The van der Waals surface area contributed by atoms with Gasteiger partial charge in [-0.1, -0.05) is 30.3 Å². The first kappa shape index (κ1) is 20.2. The molecule has 0 bridgehead atoms. The number of ether oxygens (including phenoxy) is 3.